The molecule has 0 spiro atoms. The Balaban J connectivity index is 1.24. The van der Waals surface area contributed by atoms with Gasteiger partial charge in [0.1, 0.15) is 10.8 Å². The average Bonchev–Trinajstić information content (AvgIpc) is 3.27. The van der Waals surface area contributed by atoms with Gasteiger partial charge in [-0.15, -0.1) is 11.3 Å². The number of aliphatic imine (C=N–C) groups is 1. The Morgan fingerprint density at radius 2 is 1.71 bits per heavy atom. The molecule has 0 aliphatic heterocycles. The fourth-order valence-electron chi connectivity index (χ4n) is 3.43. The first-order valence-corrected chi connectivity index (χ1v) is 12.3. The van der Waals surface area contributed by atoms with Gasteiger partial charge in [-0.25, -0.2) is 9.78 Å². The molecule has 0 unspecified atom stereocenters. The molecule has 1 heterocycles. The van der Waals surface area contributed by atoms with E-state index in [9.17, 15) is 4.79 Å². The summed E-state index contributed by atoms with van der Waals surface area (Å²) >= 11 is 13.6. The van der Waals surface area contributed by atoms with Gasteiger partial charge in [-0.3, -0.25) is 4.99 Å². The van der Waals surface area contributed by atoms with Crippen LogP contribution in [0.15, 0.2) is 89.9 Å². The Morgan fingerprint density at radius 3 is 2.46 bits per heavy atom. The second-order valence-corrected chi connectivity index (χ2v) is 9.75. The van der Waals surface area contributed by atoms with Gasteiger partial charge < -0.3 is 4.74 Å². The van der Waals surface area contributed by atoms with Crippen LogP contribution in [0.1, 0.15) is 21.5 Å². The van der Waals surface area contributed by atoms with Crippen molar-refractivity contribution in [2.75, 3.05) is 0 Å². The maximum atomic E-state index is 12.4. The highest BCUT2D eigenvalue weighted by molar-refractivity contribution is 7.21. The maximum Gasteiger partial charge on any atom is 0.345 e. The van der Waals surface area contributed by atoms with Crippen molar-refractivity contribution < 1.29 is 9.53 Å². The third-order valence-corrected chi connectivity index (χ3v) is 6.88. The summed E-state index contributed by atoms with van der Waals surface area (Å²) in [4.78, 5) is 21.6. The van der Waals surface area contributed by atoms with Gasteiger partial charge in [0.15, 0.2) is 0 Å². The number of carbonyl (C=O) groups is 1. The van der Waals surface area contributed by atoms with Crippen molar-refractivity contribution in [1.29, 1.82) is 0 Å². The van der Waals surface area contributed by atoms with Crippen LogP contribution in [0.2, 0.25) is 10.0 Å². The summed E-state index contributed by atoms with van der Waals surface area (Å²) in [7, 11) is 0. The van der Waals surface area contributed by atoms with Gasteiger partial charge in [-0.05, 0) is 96.9 Å². The summed E-state index contributed by atoms with van der Waals surface area (Å²) in [6.45, 7) is 2.09. The fourth-order valence-corrected chi connectivity index (χ4v) is 4.99. The van der Waals surface area contributed by atoms with Crippen molar-refractivity contribution in [3.63, 3.8) is 0 Å². The first kappa shape index (κ1) is 23.2. The minimum atomic E-state index is -0.545. The number of fused-ring (bicyclic) bond motifs is 1. The molecule has 5 aromatic rings. The largest absolute Gasteiger partial charge is 0.423 e. The molecule has 0 N–H and O–H groups in total. The summed E-state index contributed by atoms with van der Waals surface area (Å²) in [5.41, 5.74) is 5.28. The summed E-state index contributed by atoms with van der Waals surface area (Å²) in [6.07, 6.45) is 1.76. The Bertz CT molecular complexity index is 1560. The summed E-state index contributed by atoms with van der Waals surface area (Å²) in [6, 6.07) is 26.0. The number of esters is 1. The summed E-state index contributed by atoms with van der Waals surface area (Å²) in [5.74, 6) is -0.134. The molecule has 0 fully saturated rings. The van der Waals surface area contributed by atoms with E-state index in [0.29, 0.717) is 10.8 Å². The van der Waals surface area contributed by atoms with Crippen molar-refractivity contribution in [3.8, 4) is 16.3 Å². The van der Waals surface area contributed by atoms with Gasteiger partial charge in [0.05, 0.1) is 26.5 Å². The molecule has 7 heteroatoms. The Kier molecular flexibility index (Phi) is 6.64. The monoisotopic (exact) mass is 516 g/mol. The highest BCUT2D eigenvalue weighted by atomic mass is 35.5. The molecule has 4 nitrogen and oxygen atoms in total. The quantitative estimate of drug-likeness (QED) is 0.133. The number of thiazole rings is 1. The van der Waals surface area contributed by atoms with Crippen molar-refractivity contribution in [3.05, 3.63) is 112 Å². The molecule has 0 bridgehead atoms. The third kappa shape index (κ3) is 5.43. The van der Waals surface area contributed by atoms with Crippen molar-refractivity contribution >= 4 is 62.6 Å². The van der Waals surface area contributed by atoms with Crippen LogP contribution < -0.4 is 4.74 Å². The van der Waals surface area contributed by atoms with Gasteiger partial charge in [0.25, 0.3) is 0 Å². The van der Waals surface area contributed by atoms with Crippen LogP contribution in [0.5, 0.6) is 5.75 Å². The number of hydrogen-bond acceptors (Lipinski definition) is 5. The van der Waals surface area contributed by atoms with E-state index in [4.69, 9.17) is 32.9 Å². The molecule has 0 atom stereocenters. The van der Waals surface area contributed by atoms with E-state index in [-0.39, 0.29) is 10.6 Å². The van der Waals surface area contributed by atoms with Gasteiger partial charge in [-0.2, -0.15) is 0 Å². The average molecular weight is 517 g/mol. The van der Waals surface area contributed by atoms with E-state index in [1.807, 2.05) is 36.4 Å². The number of carbonyl (C=O) groups excluding carboxylic acids is 1. The SMILES string of the molecule is Cc1ccc2nc(-c3ccc(N=Cc4ccc(OC(=O)c5ccc(Cl)cc5Cl)cc4)cc3)sc2c1. The zero-order valence-electron chi connectivity index (χ0n) is 18.5. The Hall–Kier alpha value is -3.51. The highest BCUT2D eigenvalue weighted by Crippen LogP contribution is 2.31. The van der Waals surface area contributed by atoms with Crippen LogP contribution in [-0.2, 0) is 0 Å². The van der Waals surface area contributed by atoms with E-state index in [0.717, 1.165) is 27.3 Å². The summed E-state index contributed by atoms with van der Waals surface area (Å²) in [5, 5.41) is 1.69. The number of nitrogens with zero attached hydrogens (tertiary/aromatic N) is 2. The predicted octanol–water partition coefficient (Wildman–Crippen LogP) is 8.55. The van der Waals surface area contributed by atoms with Gasteiger partial charge in [0, 0.05) is 16.8 Å². The zero-order chi connectivity index (χ0) is 24.4. The molecule has 0 aliphatic rings. The number of aromatic nitrogens is 1. The number of benzene rings is 4. The lowest BCUT2D eigenvalue weighted by atomic mass is 10.2. The minimum absolute atomic E-state index is 0.246. The lowest BCUT2D eigenvalue weighted by Crippen LogP contribution is -2.09. The van der Waals surface area contributed by atoms with E-state index < -0.39 is 5.97 Å². The second-order valence-electron chi connectivity index (χ2n) is 7.88. The first-order valence-electron chi connectivity index (χ1n) is 10.7. The van der Waals surface area contributed by atoms with E-state index in [1.54, 1.807) is 35.8 Å². The van der Waals surface area contributed by atoms with Gasteiger partial charge in [-0.1, -0.05) is 29.3 Å². The minimum Gasteiger partial charge on any atom is -0.423 e. The second kappa shape index (κ2) is 10.0. The van der Waals surface area contributed by atoms with Crippen molar-refractivity contribution in [1.82, 2.24) is 4.98 Å². The third-order valence-electron chi connectivity index (χ3n) is 5.26. The molecule has 5 rings (SSSR count). The Morgan fingerprint density at radius 1 is 0.943 bits per heavy atom. The standard InChI is InChI=1S/C28H18Cl2N2O2S/c1-17-2-13-25-26(14-17)35-27(32-25)19-5-8-21(9-6-19)31-16-18-3-10-22(11-4-18)34-28(33)23-12-7-20(29)15-24(23)30/h2-16H,1H3. The van der Waals surface area contributed by atoms with Crippen LogP contribution in [0.25, 0.3) is 20.8 Å². The van der Waals surface area contributed by atoms with Crippen LogP contribution in [0.3, 0.4) is 0 Å². The lowest BCUT2D eigenvalue weighted by Gasteiger charge is -2.06. The fraction of sp³-hybridized carbons (Fsp3) is 0.0357. The lowest BCUT2D eigenvalue weighted by molar-refractivity contribution is 0.0735. The summed E-state index contributed by atoms with van der Waals surface area (Å²) < 4.78 is 6.59. The molecule has 0 saturated carbocycles. The van der Waals surface area contributed by atoms with E-state index in [2.05, 4.69) is 30.1 Å². The maximum absolute atomic E-state index is 12.4. The van der Waals surface area contributed by atoms with Crippen LogP contribution in [0.4, 0.5) is 5.69 Å². The first-order chi connectivity index (χ1) is 16.9. The molecule has 0 saturated heterocycles. The Labute approximate surface area is 216 Å². The molecule has 4 aromatic carbocycles. The predicted molar refractivity (Wildman–Crippen MR) is 145 cm³/mol. The van der Waals surface area contributed by atoms with Crippen LogP contribution >= 0.6 is 34.5 Å². The molecule has 172 valence electrons. The molecular formula is C28H18Cl2N2O2S. The van der Waals surface area contributed by atoms with Gasteiger partial charge >= 0.3 is 5.97 Å². The van der Waals surface area contributed by atoms with Crippen molar-refractivity contribution in [2.45, 2.75) is 6.92 Å². The highest BCUT2D eigenvalue weighted by Gasteiger charge is 2.13. The van der Waals surface area contributed by atoms with Crippen molar-refractivity contribution in [2.24, 2.45) is 4.99 Å². The number of aryl methyl sites for hydroxylation is 1. The molecule has 0 radical (unpaired) electrons. The number of rotatable bonds is 5. The number of halogens is 2. The van der Waals surface area contributed by atoms with E-state index in [1.165, 1.54) is 22.4 Å². The zero-order valence-corrected chi connectivity index (χ0v) is 20.9. The van der Waals surface area contributed by atoms with Gasteiger partial charge in [0.2, 0.25) is 0 Å². The molecule has 0 amide bonds. The van der Waals surface area contributed by atoms with Crippen LogP contribution in [0, 0.1) is 6.92 Å². The van der Waals surface area contributed by atoms with E-state index >= 15 is 0 Å². The number of ether oxygens (including phenoxy) is 1. The topological polar surface area (TPSA) is 51.6 Å². The smallest absolute Gasteiger partial charge is 0.345 e. The molecular weight excluding hydrogens is 499 g/mol. The molecule has 35 heavy (non-hydrogen) atoms. The van der Waals surface area contributed by atoms with Crippen LogP contribution in [-0.4, -0.2) is 17.2 Å². The normalized spacial score (nSPS) is 11.3. The molecule has 1 aromatic heterocycles. The molecule has 0 aliphatic carbocycles. The number of hydrogen-bond donors (Lipinski definition) is 0.